The van der Waals surface area contributed by atoms with Crippen LogP contribution >= 0.6 is 11.6 Å². The quantitative estimate of drug-likeness (QED) is 0.210. The second kappa shape index (κ2) is 10.5. The van der Waals surface area contributed by atoms with Gasteiger partial charge in [0.1, 0.15) is 5.76 Å². The third kappa shape index (κ3) is 5.01. The molecule has 0 bridgehead atoms. The predicted molar refractivity (Wildman–Crippen MR) is 150 cm³/mol. The van der Waals surface area contributed by atoms with Gasteiger partial charge in [0, 0.05) is 16.3 Å². The minimum atomic E-state index is -0.904. The van der Waals surface area contributed by atoms with Gasteiger partial charge in [-0.3, -0.25) is 14.5 Å². The van der Waals surface area contributed by atoms with E-state index in [9.17, 15) is 14.7 Å². The summed E-state index contributed by atoms with van der Waals surface area (Å²) >= 11 is 6.10. The van der Waals surface area contributed by atoms with Crippen LogP contribution in [0.4, 0.5) is 5.69 Å². The van der Waals surface area contributed by atoms with Gasteiger partial charge in [0.2, 0.25) is 0 Å². The highest BCUT2D eigenvalue weighted by atomic mass is 35.5. The van der Waals surface area contributed by atoms with E-state index in [2.05, 4.69) is 20.8 Å². The van der Waals surface area contributed by atoms with Crippen LogP contribution in [0.15, 0.2) is 66.2 Å². The zero-order valence-corrected chi connectivity index (χ0v) is 23.2. The zero-order valence-electron chi connectivity index (χ0n) is 22.5. The number of nitrogens with zero attached hydrogens (tertiary/aromatic N) is 1. The van der Waals surface area contributed by atoms with Crippen LogP contribution in [0.3, 0.4) is 0 Å². The second-order valence-electron chi connectivity index (χ2n) is 10.3. The van der Waals surface area contributed by atoms with Crippen molar-refractivity contribution in [2.75, 3.05) is 18.6 Å². The molecular formula is C31H32ClNO5. The number of benzene rings is 3. The largest absolute Gasteiger partial charge is 0.507 e. The van der Waals surface area contributed by atoms with E-state index in [4.69, 9.17) is 21.1 Å². The van der Waals surface area contributed by atoms with Gasteiger partial charge in [-0.15, -0.1) is 0 Å². The highest BCUT2D eigenvalue weighted by molar-refractivity contribution is 6.51. The maximum Gasteiger partial charge on any atom is 0.300 e. The molecule has 1 unspecified atom stereocenters. The molecule has 1 fully saturated rings. The summed E-state index contributed by atoms with van der Waals surface area (Å²) in [6, 6.07) is 16.8. The Morgan fingerprint density at radius 2 is 1.68 bits per heavy atom. The van der Waals surface area contributed by atoms with Gasteiger partial charge in [0.05, 0.1) is 25.3 Å². The Morgan fingerprint density at radius 1 is 1.00 bits per heavy atom. The molecule has 6 nitrogen and oxygen atoms in total. The van der Waals surface area contributed by atoms with Crippen molar-refractivity contribution in [3.05, 3.63) is 93.5 Å². The Labute approximate surface area is 228 Å². The number of rotatable bonds is 6. The molecule has 4 rings (SSSR count). The van der Waals surface area contributed by atoms with E-state index in [1.165, 1.54) is 4.90 Å². The second-order valence-corrected chi connectivity index (χ2v) is 10.7. The van der Waals surface area contributed by atoms with Crippen LogP contribution in [0, 0.1) is 6.92 Å². The van der Waals surface area contributed by atoms with Gasteiger partial charge in [0.15, 0.2) is 11.5 Å². The molecule has 0 radical (unpaired) electrons. The van der Waals surface area contributed by atoms with Gasteiger partial charge < -0.3 is 14.6 Å². The van der Waals surface area contributed by atoms with Crippen LogP contribution in [0.25, 0.3) is 5.76 Å². The number of carbonyl (C=O) groups is 2. The lowest BCUT2D eigenvalue weighted by atomic mass is 9.84. The van der Waals surface area contributed by atoms with Gasteiger partial charge in [-0.2, -0.15) is 0 Å². The third-order valence-corrected chi connectivity index (χ3v) is 6.96. The molecule has 3 aromatic rings. The van der Waals surface area contributed by atoms with Gasteiger partial charge in [-0.25, -0.2) is 0 Å². The van der Waals surface area contributed by atoms with Crippen molar-refractivity contribution in [1.29, 1.82) is 0 Å². The van der Waals surface area contributed by atoms with E-state index in [0.29, 0.717) is 39.9 Å². The summed E-state index contributed by atoms with van der Waals surface area (Å²) < 4.78 is 11.2. The van der Waals surface area contributed by atoms with Crippen molar-refractivity contribution in [2.45, 2.75) is 46.1 Å². The molecule has 0 spiro atoms. The number of aliphatic hydroxyl groups excluding tert-OH is 1. The van der Waals surface area contributed by atoms with E-state index >= 15 is 0 Å². The number of aryl methyl sites for hydroxylation is 1. The minimum absolute atomic E-state index is 0.00623. The van der Waals surface area contributed by atoms with Crippen molar-refractivity contribution in [3.63, 3.8) is 0 Å². The lowest BCUT2D eigenvalue weighted by Crippen LogP contribution is -2.29. The van der Waals surface area contributed by atoms with Gasteiger partial charge >= 0.3 is 0 Å². The van der Waals surface area contributed by atoms with Gasteiger partial charge in [-0.05, 0) is 78.4 Å². The Hall–Kier alpha value is -3.77. The van der Waals surface area contributed by atoms with Crippen LogP contribution < -0.4 is 14.4 Å². The number of Topliss-reactive ketones (excluding diaryl/α,β-unsaturated/α-hetero) is 1. The minimum Gasteiger partial charge on any atom is -0.507 e. The number of halogens is 1. The first kappa shape index (κ1) is 27.3. The van der Waals surface area contributed by atoms with Crippen molar-refractivity contribution in [1.82, 2.24) is 0 Å². The normalized spacial score (nSPS) is 17.1. The van der Waals surface area contributed by atoms with Gasteiger partial charge in [-0.1, -0.05) is 50.6 Å². The third-order valence-electron chi connectivity index (χ3n) is 6.71. The van der Waals surface area contributed by atoms with Crippen LogP contribution in [0.5, 0.6) is 11.5 Å². The molecule has 1 atom stereocenters. The Bertz CT molecular complexity index is 1420. The molecule has 198 valence electrons. The summed E-state index contributed by atoms with van der Waals surface area (Å²) in [6.07, 6.45) is 0. The van der Waals surface area contributed by atoms with Crippen LogP contribution in [-0.2, 0) is 15.0 Å². The highest BCUT2D eigenvalue weighted by Gasteiger charge is 2.47. The smallest absolute Gasteiger partial charge is 0.300 e. The lowest BCUT2D eigenvalue weighted by Gasteiger charge is -2.26. The topological polar surface area (TPSA) is 76.1 Å². The maximum atomic E-state index is 13.6. The predicted octanol–water partition coefficient (Wildman–Crippen LogP) is 6.98. The van der Waals surface area contributed by atoms with Crippen molar-refractivity contribution in [2.24, 2.45) is 0 Å². The summed E-state index contributed by atoms with van der Waals surface area (Å²) in [5.41, 5.74) is 3.19. The fourth-order valence-electron chi connectivity index (χ4n) is 4.64. The number of hydrogen-bond donors (Lipinski definition) is 1. The molecule has 0 aliphatic carbocycles. The van der Waals surface area contributed by atoms with Gasteiger partial charge in [0.25, 0.3) is 11.7 Å². The molecule has 1 heterocycles. The molecule has 7 heteroatoms. The summed E-state index contributed by atoms with van der Waals surface area (Å²) in [4.78, 5) is 28.5. The number of anilines is 1. The summed E-state index contributed by atoms with van der Waals surface area (Å²) in [6.45, 7) is 10.4. The Morgan fingerprint density at radius 3 is 2.29 bits per heavy atom. The highest BCUT2D eigenvalue weighted by Crippen LogP contribution is 2.45. The number of ether oxygens (including phenoxy) is 2. The fraction of sp³-hybridized carbons (Fsp3) is 0.290. The van der Waals surface area contributed by atoms with Crippen molar-refractivity contribution >= 4 is 34.7 Å². The Balaban J connectivity index is 2.00. The molecule has 1 saturated heterocycles. The van der Waals surface area contributed by atoms with E-state index in [-0.39, 0.29) is 16.7 Å². The molecule has 0 aromatic heterocycles. The van der Waals surface area contributed by atoms with Crippen LogP contribution in [0.1, 0.15) is 56.0 Å². The monoisotopic (exact) mass is 533 g/mol. The van der Waals surface area contributed by atoms with Crippen molar-refractivity contribution < 1.29 is 24.2 Å². The Kier molecular flexibility index (Phi) is 7.56. The average Bonchev–Trinajstić information content (AvgIpc) is 3.14. The molecule has 0 saturated carbocycles. The first-order valence-corrected chi connectivity index (χ1v) is 12.8. The maximum absolute atomic E-state index is 13.6. The SMILES string of the molecule is CCOc1cc(C2/C(=C(\O)c3cc(C(C)(C)C)ccc3C)C(=O)C(=O)N2c2ccc(Cl)cc2)ccc1OC. The molecular weight excluding hydrogens is 502 g/mol. The van der Waals surface area contributed by atoms with E-state index < -0.39 is 17.7 Å². The molecule has 1 aliphatic rings. The van der Waals surface area contributed by atoms with E-state index in [0.717, 1.165) is 11.1 Å². The van der Waals surface area contributed by atoms with Crippen molar-refractivity contribution in [3.8, 4) is 11.5 Å². The number of carbonyl (C=O) groups excluding carboxylic acids is 2. The molecule has 1 N–H and O–H groups in total. The number of aliphatic hydroxyl groups is 1. The molecule has 38 heavy (non-hydrogen) atoms. The number of ketones is 1. The van der Waals surface area contributed by atoms with Crippen LogP contribution in [-0.4, -0.2) is 30.5 Å². The summed E-state index contributed by atoms with van der Waals surface area (Å²) in [5, 5.41) is 12.2. The lowest BCUT2D eigenvalue weighted by molar-refractivity contribution is -0.132. The van der Waals surface area contributed by atoms with E-state index in [1.54, 1.807) is 49.6 Å². The molecule has 1 amide bonds. The fourth-order valence-corrected chi connectivity index (χ4v) is 4.76. The average molecular weight is 534 g/mol. The summed E-state index contributed by atoms with van der Waals surface area (Å²) in [7, 11) is 1.54. The molecule has 3 aromatic carbocycles. The first-order valence-electron chi connectivity index (χ1n) is 12.5. The number of hydrogen-bond acceptors (Lipinski definition) is 5. The first-order chi connectivity index (χ1) is 18.0. The standard InChI is InChI=1S/C31H32ClNO5/c1-7-38-25-16-19(9-15-24(25)37-6)27-26(28(34)23-17-20(31(3,4)5)10-8-18(23)2)29(35)30(36)33(27)22-13-11-21(32)12-14-22/h8-17,27,34H,7H2,1-6H3/b28-26+. The van der Waals surface area contributed by atoms with Crippen LogP contribution in [0.2, 0.25) is 5.02 Å². The molecule has 1 aliphatic heterocycles. The number of methoxy groups -OCH3 is 1. The summed E-state index contributed by atoms with van der Waals surface area (Å²) in [5.74, 6) is -0.732. The number of amides is 1. The van der Waals surface area contributed by atoms with E-state index in [1.807, 2.05) is 32.0 Å². The zero-order chi connectivity index (χ0) is 27.8.